The van der Waals surface area contributed by atoms with E-state index >= 15 is 0 Å². The van der Waals surface area contributed by atoms with Crippen molar-refractivity contribution in [1.29, 1.82) is 0 Å². The fourth-order valence-corrected chi connectivity index (χ4v) is 6.18. The molecule has 7 heteroatoms. The quantitative estimate of drug-likeness (QED) is 0.731. The van der Waals surface area contributed by atoms with Gasteiger partial charge in [-0.2, -0.15) is 4.31 Å². The number of carboxylic acids is 1. The lowest BCUT2D eigenvalue weighted by molar-refractivity contribution is -0.145. The largest absolute Gasteiger partial charge is 0.490 e. The van der Waals surface area contributed by atoms with E-state index in [-0.39, 0.29) is 24.1 Å². The van der Waals surface area contributed by atoms with Gasteiger partial charge in [0.05, 0.1) is 16.9 Å². The molecule has 0 spiro atoms. The van der Waals surface area contributed by atoms with Gasteiger partial charge < -0.3 is 9.84 Å². The summed E-state index contributed by atoms with van der Waals surface area (Å²) in [4.78, 5) is 11.2. The van der Waals surface area contributed by atoms with Crippen molar-refractivity contribution in [2.75, 3.05) is 13.1 Å². The number of hydrogen-bond acceptors (Lipinski definition) is 4. The highest BCUT2D eigenvalue weighted by Gasteiger charge is 2.40. The summed E-state index contributed by atoms with van der Waals surface area (Å²) in [6.07, 6.45) is 4.71. The highest BCUT2D eigenvalue weighted by molar-refractivity contribution is 7.89. The lowest BCUT2D eigenvalue weighted by Crippen LogP contribution is -2.52. The Morgan fingerprint density at radius 3 is 2.23 bits per heavy atom. The van der Waals surface area contributed by atoms with E-state index in [0.717, 1.165) is 35.3 Å². The number of sulfonamides is 1. The first-order valence-corrected chi connectivity index (χ1v) is 12.4. The van der Waals surface area contributed by atoms with E-state index in [9.17, 15) is 13.2 Å². The zero-order valence-electron chi connectivity index (χ0n) is 18.4. The van der Waals surface area contributed by atoms with E-state index in [0.29, 0.717) is 5.41 Å². The minimum absolute atomic E-state index is 0.0277. The van der Waals surface area contributed by atoms with Crippen LogP contribution in [-0.2, 0) is 14.8 Å². The summed E-state index contributed by atoms with van der Waals surface area (Å²) in [5, 5.41) is 10.7. The minimum Gasteiger partial charge on any atom is -0.490 e. The van der Waals surface area contributed by atoms with E-state index in [2.05, 4.69) is 20.8 Å². The average Bonchev–Trinajstić information content (AvgIpc) is 2.65. The van der Waals surface area contributed by atoms with E-state index in [1.54, 1.807) is 18.2 Å². The molecule has 1 heterocycles. The number of fused-ring (bicyclic) bond motifs is 1. The number of aliphatic carboxylic acids is 1. The Kier molecular flexibility index (Phi) is 5.77. The van der Waals surface area contributed by atoms with Gasteiger partial charge in [0.1, 0.15) is 5.75 Å². The molecule has 1 N–H and O–H groups in total. The molecule has 1 saturated heterocycles. The minimum atomic E-state index is -3.67. The lowest BCUT2D eigenvalue weighted by Gasteiger charge is -2.37. The molecule has 2 fully saturated rings. The summed E-state index contributed by atoms with van der Waals surface area (Å²) < 4.78 is 33.0. The van der Waals surface area contributed by atoms with Crippen molar-refractivity contribution in [3.63, 3.8) is 0 Å². The summed E-state index contributed by atoms with van der Waals surface area (Å²) in [5.74, 6) is -0.0198. The molecule has 0 aromatic heterocycles. The standard InChI is InChI=1S/C24H31NO5S/c1-24(2,3)19-6-9-20(10-7-19)30-21-8-4-17-13-22(11-5-16(17)12-21)31(28,29)25-14-18(15-25)23(26)27/h4-5,8,11-13,18-20H,6-7,9-10,14-15H2,1-3H3,(H,26,27). The first kappa shape index (κ1) is 22.1. The second kappa shape index (κ2) is 8.10. The fourth-order valence-electron chi connectivity index (χ4n) is 4.61. The number of nitrogens with zero attached hydrogens (tertiary/aromatic N) is 1. The Labute approximate surface area is 184 Å². The van der Waals surface area contributed by atoms with E-state index < -0.39 is 21.9 Å². The molecule has 2 aromatic carbocycles. The molecule has 1 aliphatic carbocycles. The summed E-state index contributed by atoms with van der Waals surface area (Å²) in [6.45, 7) is 6.98. The highest BCUT2D eigenvalue weighted by atomic mass is 32.2. The molecule has 4 rings (SSSR count). The van der Waals surface area contributed by atoms with Crippen molar-refractivity contribution in [2.24, 2.45) is 17.3 Å². The monoisotopic (exact) mass is 445 g/mol. The molecule has 31 heavy (non-hydrogen) atoms. The van der Waals surface area contributed by atoms with Crippen LogP contribution in [0.2, 0.25) is 0 Å². The molecule has 0 amide bonds. The first-order valence-electron chi connectivity index (χ1n) is 11.0. The zero-order chi connectivity index (χ0) is 22.4. The molecular formula is C24H31NO5S. The fraction of sp³-hybridized carbons (Fsp3) is 0.542. The van der Waals surface area contributed by atoms with Crippen LogP contribution in [0.15, 0.2) is 41.3 Å². The van der Waals surface area contributed by atoms with Crippen molar-refractivity contribution in [3.8, 4) is 5.75 Å². The number of hydrogen-bond donors (Lipinski definition) is 1. The van der Waals surface area contributed by atoms with Crippen molar-refractivity contribution in [1.82, 2.24) is 4.31 Å². The van der Waals surface area contributed by atoms with Crippen LogP contribution in [0.4, 0.5) is 0 Å². The van der Waals surface area contributed by atoms with Crippen LogP contribution in [0.3, 0.4) is 0 Å². The Balaban J connectivity index is 1.44. The Morgan fingerprint density at radius 2 is 1.61 bits per heavy atom. The molecule has 168 valence electrons. The second-order valence-electron chi connectivity index (χ2n) is 9.99. The van der Waals surface area contributed by atoms with Gasteiger partial charge in [-0.15, -0.1) is 0 Å². The number of carboxylic acid groups (broad SMARTS) is 1. The molecule has 0 radical (unpaired) electrons. The molecule has 6 nitrogen and oxygen atoms in total. The van der Waals surface area contributed by atoms with E-state index in [1.165, 1.54) is 17.1 Å². The molecule has 1 saturated carbocycles. The molecule has 0 atom stereocenters. The van der Waals surface area contributed by atoms with Crippen LogP contribution in [-0.4, -0.2) is 43.0 Å². The van der Waals surface area contributed by atoms with Gasteiger partial charge >= 0.3 is 5.97 Å². The summed E-state index contributed by atoms with van der Waals surface area (Å²) in [6, 6.07) is 10.8. The van der Waals surface area contributed by atoms with Gasteiger partial charge in [0.15, 0.2) is 0 Å². The topological polar surface area (TPSA) is 83.9 Å². The third-order valence-corrected chi connectivity index (χ3v) is 8.65. The molecule has 0 bridgehead atoms. The maximum atomic E-state index is 12.8. The third-order valence-electron chi connectivity index (χ3n) is 6.82. The van der Waals surface area contributed by atoms with Gasteiger partial charge in [0.25, 0.3) is 0 Å². The van der Waals surface area contributed by atoms with Crippen molar-refractivity contribution < 1.29 is 23.1 Å². The van der Waals surface area contributed by atoms with Crippen LogP contribution >= 0.6 is 0 Å². The number of carbonyl (C=O) groups is 1. The van der Waals surface area contributed by atoms with Crippen molar-refractivity contribution >= 4 is 26.8 Å². The maximum absolute atomic E-state index is 12.8. The third kappa shape index (κ3) is 4.58. The van der Waals surface area contributed by atoms with Crippen molar-refractivity contribution in [2.45, 2.75) is 57.5 Å². The van der Waals surface area contributed by atoms with Crippen molar-refractivity contribution in [3.05, 3.63) is 36.4 Å². The second-order valence-corrected chi connectivity index (χ2v) is 11.9. The Morgan fingerprint density at radius 1 is 1.00 bits per heavy atom. The van der Waals surface area contributed by atoms with Gasteiger partial charge in [-0.1, -0.05) is 32.9 Å². The maximum Gasteiger partial charge on any atom is 0.309 e. The Bertz CT molecular complexity index is 1070. The van der Waals surface area contributed by atoms with Gasteiger partial charge in [-0.3, -0.25) is 4.79 Å². The number of benzene rings is 2. The molecule has 1 aliphatic heterocycles. The summed E-state index contributed by atoms with van der Waals surface area (Å²) in [7, 11) is -3.67. The summed E-state index contributed by atoms with van der Waals surface area (Å²) >= 11 is 0. The van der Waals surface area contributed by atoms with Gasteiger partial charge in [-0.25, -0.2) is 8.42 Å². The summed E-state index contributed by atoms with van der Waals surface area (Å²) in [5.41, 5.74) is 0.344. The van der Waals surface area contributed by atoms with Gasteiger partial charge in [-0.05, 0) is 72.1 Å². The first-order chi connectivity index (χ1) is 14.5. The van der Waals surface area contributed by atoms with Crippen LogP contribution in [0, 0.1) is 17.3 Å². The number of rotatable bonds is 5. The number of ether oxygens (including phenoxy) is 1. The predicted octanol–water partition coefficient (Wildman–Crippen LogP) is 4.53. The average molecular weight is 446 g/mol. The predicted molar refractivity (Wildman–Crippen MR) is 120 cm³/mol. The normalized spacial score (nSPS) is 23.5. The molecular weight excluding hydrogens is 414 g/mol. The van der Waals surface area contributed by atoms with Gasteiger partial charge in [0.2, 0.25) is 10.0 Å². The van der Waals surface area contributed by atoms with Crippen LogP contribution < -0.4 is 4.74 Å². The Hall–Kier alpha value is -2.12. The van der Waals surface area contributed by atoms with E-state index in [1.807, 2.05) is 18.2 Å². The molecule has 2 aromatic rings. The molecule has 0 unspecified atom stereocenters. The molecule has 2 aliphatic rings. The van der Waals surface area contributed by atoms with E-state index in [4.69, 9.17) is 9.84 Å². The zero-order valence-corrected chi connectivity index (χ0v) is 19.2. The highest BCUT2D eigenvalue weighted by Crippen LogP contribution is 2.39. The SMILES string of the molecule is CC(C)(C)C1CCC(Oc2ccc3cc(S(=O)(=O)N4CC(C(=O)O)C4)ccc3c2)CC1. The van der Waals surface area contributed by atoms with Crippen LogP contribution in [0.25, 0.3) is 10.8 Å². The van der Waals surface area contributed by atoms with Crippen LogP contribution in [0.1, 0.15) is 46.5 Å². The van der Waals surface area contributed by atoms with Gasteiger partial charge in [0, 0.05) is 13.1 Å². The lowest BCUT2D eigenvalue weighted by atomic mass is 9.72. The smallest absolute Gasteiger partial charge is 0.309 e. The van der Waals surface area contributed by atoms with Crippen LogP contribution in [0.5, 0.6) is 5.75 Å².